The third-order valence-corrected chi connectivity index (χ3v) is 14.9. The number of rotatable bonds is 8. The van der Waals surface area contributed by atoms with Crippen LogP contribution in [0.15, 0.2) is 48.7 Å². The van der Waals surface area contributed by atoms with Gasteiger partial charge in [0.25, 0.3) is 0 Å². The van der Waals surface area contributed by atoms with E-state index in [1.807, 2.05) is 38.8 Å². The zero-order valence-corrected chi connectivity index (χ0v) is 37.1. The number of amides is 3. The van der Waals surface area contributed by atoms with Crippen LogP contribution in [0.1, 0.15) is 115 Å². The summed E-state index contributed by atoms with van der Waals surface area (Å²) >= 11 is 0. The standard InChI is InChI=1S/C49H60N8O6/c1-24(2)42(50)47(58)57-38-9-7-8-30(38)20-40(57)46-52-36-14-12-28-19-35-33-13-11-29(18-32(33)23-62-41(35)21-34(28)44(36)54-46)37-22-51-45(53-37)39-15-10-25(3)56(39)48(59)43(55-49(60)61-6)31-16-26(4)63-27(5)17-31/h11-14,18-19,21-22,24-27,30-31,38-40,42-43H,7-10,15-17,20,23,50H2,1-6H3,(H,51,53)(H,52,54)(H,55,60). The lowest BCUT2D eigenvalue weighted by Crippen LogP contribution is -2.55. The Balaban J connectivity index is 0.905. The number of carbonyl (C=O) groups excluding carboxylic acids is 3. The van der Waals surface area contributed by atoms with Gasteiger partial charge in [0.15, 0.2) is 0 Å². The maximum absolute atomic E-state index is 14.5. The zero-order chi connectivity index (χ0) is 43.8. The fourth-order valence-electron chi connectivity index (χ4n) is 11.7. The highest BCUT2D eigenvalue weighted by Crippen LogP contribution is 2.49. The molecule has 1 saturated carbocycles. The summed E-state index contributed by atoms with van der Waals surface area (Å²) in [6.45, 7) is 10.5. The summed E-state index contributed by atoms with van der Waals surface area (Å²) < 4.78 is 17.4. The summed E-state index contributed by atoms with van der Waals surface area (Å²) in [6, 6.07) is 13.5. The second kappa shape index (κ2) is 16.3. The Morgan fingerprint density at radius 1 is 0.889 bits per heavy atom. The second-order valence-corrected chi connectivity index (χ2v) is 19.3. The molecule has 3 aromatic carbocycles. The molecule has 4 aliphatic heterocycles. The number of nitrogens with one attached hydrogen (secondary N) is 3. The Morgan fingerprint density at radius 3 is 2.48 bits per heavy atom. The van der Waals surface area contributed by atoms with E-state index in [1.165, 1.54) is 7.11 Å². The Labute approximate surface area is 368 Å². The first-order valence-corrected chi connectivity index (χ1v) is 23.0. The number of carbonyl (C=O) groups is 3. The highest BCUT2D eigenvalue weighted by Gasteiger charge is 2.49. The molecule has 4 fully saturated rings. The number of H-pyrrole nitrogens is 2. The molecule has 1 aliphatic carbocycles. The second-order valence-electron chi connectivity index (χ2n) is 19.3. The minimum atomic E-state index is -0.735. The van der Waals surface area contributed by atoms with Gasteiger partial charge in [-0.05, 0) is 130 Å². The number of hydrogen-bond acceptors (Lipinski definition) is 9. The van der Waals surface area contributed by atoms with Crippen LogP contribution >= 0.6 is 0 Å². The lowest BCUT2D eigenvalue weighted by molar-refractivity contribution is -0.140. The van der Waals surface area contributed by atoms with Gasteiger partial charge in [-0.15, -0.1) is 0 Å². The molecule has 14 heteroatoms. The minimum Gasteiger partial charge on any atom is -0.488 e. The maximum atomic E-state index is 14.5. The summed E-state index contributed by atoms with van der Waals surface area (Å²) in [6.07, 6.45) is 8.30. The van der Waals surface area contributed by atoms with Gasteiger partial charge in [-0.3, -0.25) is 9.59 Å². The van der Waals surface area contributed by atoms with Gasteiger partial charge in [-0.25, -0.2) is 14.8 Å². The van der Waals surface area contributed by atoms with Crippen molar-refractivity contribution in [1.29, 1.82) is 0 Å². The molecular formula is C49H60N8O6. The molecule has 63 heavy (non-hydrogen) atoms. The van der Waals surface area contributed by atoms with Gasteiger partial charge in [0, 0.05) is 23.0 Å². The normalized spacial score (nSPS) is 27.6. The van der Waals surface area contributed by atoms with E-state index in [4.69, 9.17) is 29.9 Å². The Bertz CT molecular complexity index is 2570. The Kier molecular flexibility index (Phi) is 10.7. The Hall–Kier alpha value is -5.47. The van der Waals surface area contributed by atoms with Gasteiger partial charge in [-0.1, -0.05) is 38.5 Å². The number of likely N-dealkylation sites (tertiary alicyclic amines) is 2. The Morgan fingerprint density at radius 2 is 1.70 bits per heavy atom. The smallest absolute Gasteiger partial charge is 0.407 e. The largest absolute Gasteiger partial charge is 0.488 e. The number of nitrogens with two attached hydrogens (primary N) is 1. The van der Waals surface area contributed by atoms with Crippen LogP contribution in [0.3, 0.4) is 0 Å². The number of fused-ring (bicyclic) bond motifs is 7. The van der Waals surface area contributed by atoms with Gasteiger partial charge in [-0.2, -0.15) is 0 Å². The first kappa shape index (κ1) is 41.5. The summed E-state index contributed by atoms with van der Waals surface area (Å²) in [5, 5.41) is 4.96. The quantitative estimate of drug-likeness (QED) is 0.120. The molecule has 5 N–H and O–H groups in total. The number of methoxy groups -OCH3 is 1. The van der Waals surface area contributed by atoms with E-state index in [2.05, 4.69) is 69.6 Å². The zero-order valence-electron chi connectivity index (χ0n) is 37.1. The van der Waals surface area contributed by atoms with Crippen molar-refractivity contribution in [3.8, 4) is 28.1 Å². The van der Waals surface area contributed by atoms with Crippen LogP contribution in [0.25, 0.3) is 44.2 Å². The number of imidazole rings is 2. The van der Waals surface area contributed by atoms with Crippen molar-refractivity contribution >= 4 is 39.7 Å². The molecular weight excluding hydrogens is 797 g/mol. The highest BCUT2D eigenvalue weighted by molar-refractivity contribution is 6.07. The molecule has 9 unspecified atom stereocenters. The van der Waals surface area contributed by atoms with E-state index in [-0.39, 0.29) is 60.0 Å². The molecule has 0 bridgehead atoms. The fraction of sp³-hybridized carbons (Fsp3) is 0.531. The summed E-state index contributed by atoms with van der Waals surface area (Å²) in [5.41, 5.74) is 13.3. The average molecular weight is 857 g/mol. The van der Waals surface area contributed by atoms with Gasteiger partial charge in [0.1, 0.15) is 30.0 Å². The molecule has 14 nitrogen and oxygen atoms in total. The summed E-state index contributed by atoms with van der Waals surface area (Å²) in [7, 11) is 1.32. The first-order valence-electron chi connectivity index (χ1n) is 23.0. The SMILES string of the molecule is COC(=O)NC(C(=O)N1C(C)CCC1c1ncc(-c2ccc3c(c2)COc2cc4c(ccc5[nH]c(C6CC7CCCC7N6C(=O)C(N)C(C)C)nc54)cc2-3)[nH]1)C1CC(C)OC(C)C1. The lowest BCUT2D eigenvalue weighted by Gasteiger charge is -2.39. The van der Waals surface area contributed by atoms with E-state index in [0.29, 0.717) is 25.4 Å². The van der Waals surface area contributed by atoms with Crippen LogP contribution in [0.4, 0.5) is 4.79 Å². The van der Waals surface area contributed by atoms with Gasteiger partial charge in [0.05, 0.1) is 60.4 Å². The number of hydrogen-bond donors (Lipinski definition) is 4. The van der Waals surface area contributed by atoms with Gasteiger partial charge in [0.2, 0.25) is 11.8 Å². The molecule has 5 aromatic rings. The van der Waals surface area contributed by atoms with Gasteiger partial charge >= 0.3 is 6.09 Å². The molecule has 0 radical (unpaired) electrons. The lowest BCUT2D eigenvalue weighted by atomic mass is 9.85. The molecule has 332 valence electrons. The molecule has 5 aliphatic rings. The number of benzene rings is 3. The highest BCUT2D eigenvalue weighted by atomic mass is 16.5. The molecule has 9 atom stereocenters. The summed E-state index contributed by atoms with van der Waals surface area (Å²) in [5.74, 6) is 2.72. The number of ether oxygens (including phenoxy) is 3. The van der Waals surface area contributed by atoms with Crippen molar-refractivity contribution in [2.24, 2.45) is 23.5 Å². The molecule has 3 saturated heterocycles. The van der Waals surface area contributed by atoms with Gasteiger partial charge < -0.3 is 45.0 Å². The summed E-state index contributed by atoms with van der Waals surface area (Å²) in [4.78, 5) is 62.1. The van der Waals surface area contributed by atoms with Crippen LogP contribution in [-0.4, -0.2) is 91.1 Å². The number of nitrogens with zero attached hydrogens (tertiary/aromatic N) is 4. The van der Waals surface area contributed by atoms with Crippen LogP contribution in [-0.2, 0) is 25.7 Å². The van der Waals surface area contributed by atoms with Crippen molar-refractivity contribution in [3.63, 3.8) is 0 Å². The van der Waals surface area contributed by atoms with Crippen molar-refractivity contribution in [2.75, 3.05) is 7.11 Å². The van der Waals surface area contributed by atoms with Crippen molar-refractivity contribution in [2.45, 2.75) is 141 Å². The molecule has 2 aromatic heterocycles. The third kappa shape index (κ3) is 7.32. The predicted octanol–water partition coefficient (Wildman–Crippen LogP) is 8.07. The van der Waals surface area contributed by atoms with Crippen LogP contribution in [0, 0.1) is 17.8 Å². The van der Waals surface area contributed by atoms with E-state index in [9.17, 15) is 14.4 Å². The van der Waals surface area contributed by atoms with Crippen LogP contribution in [0.5, 0.6) is 5.75 Å². The van der Waals surface area contributed by atoms with Crippen LogP contribution in [0.2, 0.25) is 0 Å². The van der Waals surface area contributed by atoms with E-state index >= 15 is 0 Å². The number of aromatic amines is 2. The maximum Gasteiger partial charge on any atom is 0.407 e. The first-order chi connectivity index (χ1) is 30.4. The van der Waals surface area contributed by atoms with E-state index in [1.54, 1.807) is 0 Å². The van der Waals surface area contributed by atoms with Crippen LogP contribution < -0.4 is 15.8 Å². The molecule has 10 rings (SSSR count). The topological polar surface area (TPSA) is 181 Å². The van der Waals surface area contributed by atoms with Crippen molar-refractivity contribution in [1.82, 2.24) is 35.1 Å². The number of aromatic nitrogens is 4. The van der Waals surface area contributed by atoms with E-state index in [0.717, 1.165) is 106 Å². The van der Waals surface area contributed by atoms with Crippen molar-refractivity contribution in [3.05, 3.63) is 65.9 Å². The molecule has 6 heterocycles. The fourth-order valence-corrected chi connectivity index (χ4v) is 11.7. The van der Waals surface area contributed by atoms with Crippen molar-refractivity contribution < 1.29 is 28.6 Å². The molecule has 0 spiro atoms. The minimum absolute atomic E-state index is 0.0210. The molecule has 3 amide bonds. The average Bonchev–Trinajstić information content (AvgIpc) is 4.12. The monoisotopic (exact) mass is 856 g/mol. The predicted molar refractivity (Wildman–Crippen MR) is 239 cm³/mol. The number of alkyl carbamates (subject to hydrolysis) is 1. The van der Waals surface area contributed by atoms with E-state index < -0.39 is 18.2 Å². The third-order valence-electron chi connectivity index (χ3n) is 14.9.